The van der Waals surface area contributed by atoms with Crippen LogP contribution in [0.15, 0.2) is 6.33 Å². The summed E-state index contributed by atoms with van der Waals surface area (Å²) in [6.45, 7) is -0.0208. The summed E-state index contributed by atoms with van der Waals surface area (Å²) in [6.07, 6.45) is 1.37. The second kappa shape index (κ2) is 4.26. The summed E-state index contributed by atoms with van der Waals surface area (Å²) >= 11 is 1.54. The molecule has 1 saturated heterocycles. The summed E-state index contributed by atoms with van der Waals surface area (Å²) in [5, 5.41) is 9.05. The molecule has 2 atom stereocenters. The van der Waals surface area contributed by atoms with Crippen LogP contribution < -0.4 is 11.5 Å². The zero-order chi connectivity index (χ0) is 12.7. The van der Waals surface area contributed by atoms with Crippen molar-refractivity contribution >= 4 is 34.7 Å². The standard InChI is InChI=1S/C9H12N6O2S/c10-7-6-8(14-9(11)13-7)15(3-12-6)4-2-18-5(1-16)17-4/h3-5,16H,1-2H2,(H4,10,11,13,14). The lowest BCUT2D eigenvalue weighted by Crippen LogP contribution is -2.14. The summed E-state index contributed by atoms with van der Waals surface area (Å²) in [5.41, 5.74) is 12.1. The molecule has 0 spiro atoms. The third kappa shape index (κ3) is 1.76. The fourth-order valence-electron chi connectivity index (χ4n) is 1.85. The number of hydrogen-bond acceptors (Lipinski definition) is 8. The van der Waals surface area contributed by atoms with Crippen LogP contribution in [0.25, 0.3) is 11.2 Å². The molecule has 5 N–H and O–H groups in total. The number of rotatable bonds is 2. The van der Waals surface area contributed by atoms with E-state index in [1.165, 1.54) is 11.8 Å². The molecule has 0 aliphatic carbocycles. The number of aliphatic hydroxyl groups is 1. The Labute approximate surface area is 106 Å². The first-order valence-corrected chi connectivity index (χ1v) is 6.37. The van der Waals surface area contributed by atoms with E-state index in [1.54, 1.807) is 10.9 Å². The SMILES string of the molecule is Nc1nc(N)c2ncn(C3CSC(CO)O3)c2n1. The van der Waals surface area contributed by atoms with Gasteiger partial charge in [-0.1, -0.05) is 0 Å². The van der Waals surface area contributed by atoms with Crippen LogP contribution in [-0.4, -0.2) is 42.4 Å². The summed E-state index contributed by atoms with van der Waals surface area (Å²) in [7, 11) is 0. The van der Waals surface area contributed by atoms with Gasteiger partial charge in [-0.15, -0.1) is 11.8 Å². The number of aliphatic hydroxyl groups excluding tert-OH is 1. The molecular weight excluding hydrogens is 256 g/mol. The lowest BCUT2D eigenvalue weighted by molar-refractivity contribution is -0.00189. The van der Waals surface area contributed by atoms with Crippen LogP contribution >= 0.6 is 11.8 Å². The lowest BCUT2D eigenvalue weighted by atomic mass is 10.5. The number of imidazole rings is 1. The summed E-state index contributed by atoms with van der Waals surface area (Å²) in [5.74, 6) is 1.06. The highest BCUT2D eigenvalue weighted by atomic mass is 32.2. The monoisotopic (exact) mass is 268 g/mol. The van der Waals surface area contributed by atoms with Crippen molar-refractivity contribution in [3.63, 3.8) is 0 Å². The van der Waals surface area contributed by atoms with Gasteiger partial charge >= 0.3 is 0 Å². The second-order valence-electron chi connectivity index (χ2n) is 3.83. The molecule has 0 radical (unpaired) electrons. The number of thioether (sulfide) groups is 1. The highest BCUT2D eigenvalue weighted by Crippen LogP contribution is 2.33. The van der Waals surface area contributed by atoms with Gasteiger partial charge in [-0.05, 0) is 0 Å². The normalized spacial score (nSPS) is 23.8. The molecule has 3 heterocycles. The molecule has 0 amide bonds. The van der Waals surface area contributed by atoms with Crippen LogP contribution in [0.2, 0.25) is 0 Å². The average molecular weight is 268 g/mol. The number of fused-ring (bicyclic) bond motifs is 1. The Morgan fingerprint density at radius 3 is 3.06 bits per heavy atom. The molecule has 8 nitrogen and oxygen atoms in total. The van der Waals surface area contributed by atoms with Gasteiger partial charge in [0, 0.05) is 5.75 Å². The molecule has 1 aliphatic heterocycles. The smallest absolute Gasteiger partial charge is 0.224 e. The number of ether oxygens (including phenoxy) is 1. The molecule has 0 saturated carbocycles. The molecule has 96 valence electrons. The van der Waals surface area contributed by atoms with Crippen LogP contribution in [0, 0.1) is 0 Å². The van der Waals surface area contributed by atoms with Crippen molar-refractivity contribution in [1.82, 2.24) is 19.5 Å². The zero-order valence-electron chi connectivity index (χ0n) is 9.35. The number of nitrogen functional groups attached to an aromatic ring is 2. The molecular formula is C9H12N6O2S. The van der Waals surface area contributed by atoms with E-state index in [4.69, 9.17) is 21.3 Å². The zero-order valence-corrected chi connectivity index (χ0v) is 10.2. The molecule has 0 aromatic carbocycles. The Hall–Kier alpha value is -1.58. The van der Waals surface area contributed by atoms with E-state index in [2.05, 4.69) is 15.0 Å². The van der Waals surface area contributed by atoms with Gasteiger partial charge < -0.3 is 21.3 Å². The number of hydrogen-bond donors (Lipinski definition) is 3. The largest absolute Gasteiger partial charge is 0.393 e. The van der Waals surface area contributed by atoms with Crippen LogP contribution in [0.3, 0.4) is 0 Å². The lowest BCUT2D eigenvalue weighted by Gasteiger charge is -2.12. The van der Waals surface area contributed by atoms with Crippen molar-refractivity contribution in [2.45, 2.75) is 11.7 Å². The van der Waals surface area contributed by atoms with E-state index in [0.29, 0.717) is 16.9 Å². The molecule has 3 rings (SSSR count). The first kappa shape index (κ1) is 11.5. The number of anilines is 2. The van der Waals surface area contributed by atoms with Crippen molar-refractivity contribution in [1.29, 1.82) is 0 Å². The molecule has 2 aromatic rings. The molecule has 9 heteroatoms. The average Bonchev–Trinajstić information content (AvgIpc) is 2.93. The third-order valence-electron chi connectivity index (χ3n) is 2.66. The van der Waals surface area contributed by atoms with Gasteiger partial charge in [0.1, 0.15) is 17.2 Å². The topological polar surface area (TPSA) is 125 Å². The first-order chi connectivity index (χ1) is 8.69. The Balaban J connectivity index is 2.03. The maximum atomic E-state index is 9.05. The highest BCUT2D eigenvalue weighted by Gasteiger charge is 2.28. The molecule has 2 unspecified atom stereocenters. The van der Waals surface area contributed by atoms with Crippen molar-refractivity contribution in [2.75, 3.05) is 23.8 Å². The van der Waals surface area contributed by atoms with E-state index in [1.807, 2.05) is 0 Å². The highest BCUT2D eigenvalue weighted by molar-refractivity contribution is 8.00. The number of aromatic nitrogens is 4. The van der Waals surface area contributed by atoms with E-state index in [9.17, 15) is 0 Å². The van der Waals surface area contributed by atoms with Crippen molar-refractivity contribution in [3.05, 3.63) is 6.33 Å². The Morgan fingerprint density at radius 1 is 1.50 bits per heavy atom. The number of nitrogens with zero attached hydrogens (tertiary/aromatic N) is 4. The van der Waals surface area contributed by atoms with Gasteiger partial charge in [0.15, 0.2) is 11.5 Å². The van der Waals surface area contributed by atoms with E-state index in [-0.39, 0.29) is 30.0 Å². The van der Waals surface area contributed by atoms with Crippen LogP contribution in [0.1, 0.15) is 6.23 Å². The predicted molar refractivity (Wildman–Crippen MR) is 67.6 cm³/mol. The Morgan fingerprint density at radius 2 is 2.33 bits per heavy atom. The first-order valence-electron chi connectivity index (χ1n) is 5.32. The quantitative estimate of drug-likeness (QED) is 0.670. The third-order valence-corrected chi connectivity index (χ3v) is 3.77. The van der Waals surface area contributed by atoms with E-state index in [0.717, 1.165) is 0 Å². The fourth-order valence-corrected chi connectivity index (χ4v) is 2.78. The van der Waals surface area contributed by atoms with Crippen LogP contribution in [0.5, 0.6) is 0 Å². The summed E-state index contributed by atoms with van der Waals surface area (Å²) < 4.78 is 7.39. The summed E-state index contributed by atoms with van der Waals surface area (Å²) in [4.78, 5) is 12.1. The Kier molecular flexibility index (Phi) is 2.73. The van der Waals surface area contributed by atoms with Crippen molar-refractivity contribution < 1.29 is 9.84 Å². The maximum Gasteiger partial charge on any atom is 0.224 e. The number of nitrogens with two attached hydrogens (primary N) is 2. The molecule has 2 aromatic heterocycles. The fraction of sp³-hybridized carbons (Fsp3) is 0.444. The second-order valence-corrected chi connectivity index (χ2v) is 5.02. The van der Waals surface area contributed by atoms with E-state index < -0.39 is 0 Å². The minimum atomic E-state index is -0.231. The van der Waals surface area contributed by atoms with Gasteiger partial charge in [-0.25, -0.2) is 4.98 Å². The minimum absolute atomic E-state index is 0.0208. The minimum Gasteiger partial charge on any atom is -0.393 e. The van der Waals surface area contributed by atoms with Crippen LogP contribution in [0.4, 0.5) is 11.8 Å². The van der Waals surface area contributed by atoms with Gasteiger partial charge in [0.25, 0.3) is 0 Å². The molecule has 18 heavy (non-hydrogen) atoms. The van der Waals surface area contributed by atoms with Gasteiger partial charge in [0.2, 0.25) is 5.95 Å². The predicted octanol–water partition coefficient (Wildman–Crippen LogP) is -0.429. The molecule has 1 fully saturated rings. The summed E-state index contributed by atoms with van der Waals surface area (Å²) in [6, 6.07) is 0. The maximum absolute atomic E-state index is 9.05. The van der Waals surface area contributed by atoms with Gasteiger partial charge in [-0.3, -0.25) is 4.57 Å². The Bertz CT molecular complexity index is 588. The van der Waals surface area contributed by atoms with Gasteiger partial charge in [0.05, 0.1) is 12.9 Å². The van der Waals surface area contributed by atoms with E-state index >= 15 is 0 Å². The molecule has 1 aliphatic rings. The van der Waals surface area contributed by atoms with Crippen molar-refractivity contribution in [3.8, 4) is 0 Å². The van der Waals surface area contributed by atoms with Crippen LogP contribution in [-0.2, 0) is 4.74 Å². The molecule has 0 bridgehead atoms. The van der Waals surface area contributed by atoms with Gasteiger partial charge in [-0.2, -0.15) is 9.97 Å². The van der Waals surface area contributed by atoms with Crippen molar-refractivity contribution in [2.24, 2.45) is 0 Å².